The number of benzene rings is 5. The van der Waals surface area contributed by atoms with Crippen molar-refractivity contribution in [2.24, 2.45) is 0 Å². The summed E-state index contributed by atoms with van der Waals surface area (Å²) in [6.07, 6.45) is 0. The largest absolute Gasteiger partial charge is 0.208 e. The van der Waals surface area contributed by atoms with Gasteiger partial charge in [-0.25, -0.2) is 19.3 Å². The van der Waals surface area contributed by atoms with Crippen LogP contribution in [-0.4, -0.2) is 15.0 Å². The third-order valence-corrected chi connectivity index (χ3v) is 6.24. The predicted octanol–water partition coefficient (Wildman–Crippen LogP) is 8.35. The van der Waals surface area contributed by atoms with Gasteiger partial charge in [0.15, 0.2) is 17.5 Å². The molecular weight excluding hydrogens is 457 g/mol. The second-order valence-electron chi connectivity index (χ2n) is 8.70. The fourth-order valence-corrected chi connectivity index (χ4v) is 4.25. The number of rotatable bonds is 5. The van der Waals surface area contributed by atoms with Crippen LogP contribution in [0.3, 0.4) is 0 Å². The average molecular weight is 480 g/mol. The number of halogens is 1. The molecule has 0 saturated heterocycles. The maximum absolute atomic E-state index is 13.6. The topological polar surface area (TPSA) is 38.7 Å². The van der Waals surface area contributed by atoms with Crippen LogP contribution in [0, 0.1) is 5.82 Å². The Bertz CT molecular complexity index is 1530. The first-order chi connectivity index (χ1) is 18.2. The maximum atomic E-state index is 13.6. The lowest BCUT2D eigenvalue weighted by atomic mass is 10.0. The Morgan fingerprint density at radius 1 is 0.297 bits per heavy atom. The summed E-state index contributed by atoms with van der Waals surface area (Å²) in [6, 6.07) is 43.0. The van der Waals surface area contributed by atoms with E-state index in [0.717, 1.165) is 38.9 Å². The quantitative estimate of drug-likeness (QED) is 0.249. The molecule has 5 aromatic carbocycles. The lowest BCUT2D eigenvalue weighted by molar-refractivity contribution is 0.628. The first-order valence-corrected chi connectivity index (χ1v) is 12.1. The van der Waals surface area contributed by atoms with Gasteiger partial charge in [-0.3, -0.25) is 0 Å². The summed E-state index contributed by atoms with van der Waals surface area (Å²) < 4.78 is 13.6. The van der Waals surface area contributed by atoms with Gasteiger partial charge in [-0.05, 0) is 46.5 Å². The highest BCUT2D eigenvalue weighted by molar-refractivity contribution is 5.72. The van der Waals surface area contributed by atoms with Gasteiger partial charge in [-0.15, -0.1) is 0 Å². The van der Waals surface area contributed by atoms with Gasteiger partial charge in [-0.2, -0.15) is 0 Å². The SMILES string of the molecule is Fc1ccc(-c2nc(-c3ccc(-c4ccccc4)cc3)nc(-c3ccc(-c4ccccc4)cc3)n2)cc1. The van der Waals surface area contributed by atoms with Crippen LogP contribution < -0.4 is 0 Å². The van der Waals surface area contributed by atoms with Crippen molar-refractivity contribution in [3.05, 3.63) is 139 Å². The van der Waals surface area contributed by atoms with E-state index in [4.69, 9.17) is 15.0 Å². The van der Waals surface area contributed by atoms with Crippen LogP contribution >= 0.6 is 0 Å². The third-order valence-electron chi connectivity index (χ3n) is 6.24. The van der Waals surface area contributed by atoms with Gasteiger partial charge >= 0.3 is 0 Å². The lowest BCUT2D eigenvalue weighted by Crippen LogP contribution is -2.00. The molecular formula is C33H22FN3. The van der Waals surface area contributed by atoms with Gasteiger partial charge in [0.25, 0.3) is 0 Å². The predicted molar refractivity (Wildman–Crippen MR) is 147 cm³/mol. The van der Waals surface area contributed by atoms with Gasteiger partial charge in [0.05, 0.1) is 0 Å². The summed E-state index contributed by atoms with van der Waals surface area (Å²) in [7, 11) is 0. The first kappa shape index (κ1) is 22.5. The summed E-state index contributed by atoms with van der Waals surface area (Å²) in [6.45, 7) is 0. The molecule has 0 fully saturated rings. The van der Waals surface area contributed by atoms with Crippen LogP contribution in [0.2, 0.25) is 0 Å². The fourth-order valence-electron chi connectivity index (χ4n) is 4.25. The van der Waals surface area contributed by atoms with Crippen molar-refractivity contribution < 1.29 is 4.39 Å². The number of hydrogen-bond donors (Lipinski definition) is 0. The van der Waals surface area contributed by atoms with Gasteiger partial charge < -0.3 is 0 Å². The Morgan fingerprint density at radius 3 is 0.919 bits per heavy atom. The highest BCUT2D eigenvalue weighted by atomic mass is 19.1. The second-order valence-corrected chi connectivity index (χ2v) is 8.70. The van der Waals surface area contributed by atoms with Crippen LogP contribution in [0.5, 0.6) is 0 Å². The average Bonchev–Trinajstić information content (AvgIpc) is 2.98. The Labute approximate surface area is 215 Å². The minimum absolute atomic E-state index is 0.300. The van der Waals surface area contributed by atoms with E-state index in [9.17, 15) is 4.39 Å². The molecule has 37 heavy (non-hydrogen) atoms. The highest BCUT2D eigenvalue weighted by Gasteiger charge is 2.13. The van der Waals surface area contributed by atoms with E-state index >= 15 is 0 Å². The molecule has 3 nitrogen and oxygen atoms in total. The normalized spacial score (nSPS) is 10.8. The molecule has 0 bridgehead atoms. The van der Waals surface area contributed by atoms with Gasteiger partial charge in [0.1, 0.15) is 5.82 Å². The molecule has 1 heterocycles. The van der Waals surface area contributed by atoms with Crippen molar-refractivity contribution in [1.29, 1.82) is 0 Å². The molecule has 0 spiro atoms. The monoisotopic (exact) mass is 479 g/mol. The zero-order valence-corrected chi connectivity index (χ0v) is 19.9. The van der Waals surface area contributed by atoms with E-state index in [2.05, 4.69) is 48.5 Å². The first-order valence-electron chi connectivity index (χ1n) is 12.1. The Kier molecular flexibility index (Phi) is 6.05. The summed E-state index contributed by atoms with van der Waals surface area (Å²) in [5.74, 6) is 1.33. The van der Waals surface area contributed by atoms with E-state index in [1.54, 1.807) is 12.1 Å². The number of aromatic nitrogens is 3. The van der Waals surface area contributed by atoms with Gasteiger partial charge in [0, 0.05) is 16.7 Å². The molecule has 0 unspecified atom stereocenters. The molecule has 0 aliphatic carbocycles. The van der Waals surface area contributed by atoms with Crippen LogP contribution in [0.4, 0.5) is 4.39 Å². The molecule has 176 valence electrons. The molecule has 0 saturated carbocycles. The zero-order chi connectivity index (χ0) is 25.0. The van der Waals surface area contributed by atoms with Crippen LogP contribution in [0.15, 0.2) is 133 Å². The number of hydrogen-bond acceptors (Lipinski definition) is 3. The third kappa shape index (κ3) is 4.91. The summed E-state index contributed by atoms with van der Waals surface area (Å²) in [4.78, 5) is 14.3. The van der Waals surface area contributed by atoms with Crippen molar-refractivity contribution >= 4 is 0 Å². The van der Waals surface area contributed by atoms with E-state index < -0.39 is 0 Å². The lowest BCUT2D eigenvalue weighted by Gasteiger charge is -2.10. The van der Waals surface area contributed by atoms with Crippen molar-refractivity contribution in [3.63, 3.8) is 0 Å². The van der Waals surface area contributed by atoms with Crippen molar-refractivity contribution in [1.82, 2.24) is 15.0 Å². The zero-order valence-electron chi connectivity index (χ0n) is 19.9. The minimum Gasteiger partial charge on any atom is -0.208 e. The molecule has 6 rings (SSSR count). The molecule has 1 aromatic heterocycles. The minimum atomic E-state index is -0.300. The maximum Gasteiger partial charge on any atom is 0.164 e. The molecule has 0 aliphatic heterocycles. The van der Waals surface area contributed by atoms with Crippen molar-refractivity contribution in [3.8, 4) is 56.4 Å². The van der Waals surface area contributed by atoms with Crippen LogP contribution in [0.25, 0.3) is 56.4 Å². The van der Waals surface area contributed by atoms with E-state index in [0.29, 0.717) is 17.5 Å². The fraction of sp³-hybridized carbons (Fsp3) is 0. The van der Waals surface area contributed by atoms with Gasteiger partial charge in [0.2, 0.25) is 0 Å². The molecule has 0 radical (unpaired) electrons. The smallest absolute Gasteiger partial charge is 0.164 e. The standard InChI is InChI=1S/C33H22FN3/c34-30-21-19-29(20-22-30)33-36-31(27-15-11-25(12-16-27)23-7-3-1-4-8-23)35-32(37-33)28-17-13-26(14-18-28)24-9-5-2-6-10-24/h1-22H. The molecule has 0 N–H and O–H groups in total. The van der Waals surface area contributed by atoms with Crippen molar-refractivity contribution in [2.75, 3.05) is 0 Å². The number of nitrogens with zero attached hydrogens (tertiary/aromatic N) is 3. The molecule has 0 amide bonds. The van der Waals surface area contributed by atoms with Gasteiger partial charge in [-0.1, -0.05) is 109 Å². The molecule has 6 aromatic rings. The second kappa shape index (κ2) is 9.96. The Balaban J connectivity index is 1.42. The molecule has 0 aliphatic rings. The highest BCUT2D eigenvalue weighted by Crippen LogP contribution is 2.28. The van der Waals surface area contributed by atoms with Crippen LogP contribution in [0.1, 0.15) is 0 Å². The van der Waals surface area contributed by atoms with E-state index in [1.807, 2.05) is 60.7 Å². The Morgan fingerprint density at radius 2 is 0.568 bits per heavy atom. The summed E-state index contributed by atoms with van der Waals surface area (Å²) in [5.41, 5.74) is 7.03. The van der Waals surface area contributed by atoms with Crippen LogP contribution in [-0.2, 0) is 0 Å². The summed E-state index contributed by atoms with van der Waals surface area (Å²) >= 11 is 0. The molecule has 4 heteroatoms. The van der Waals surface area contributed by atoms with Crippen molar-refractivity contribution in [2.45, 2.75) is 0 Å². The summed E-state index contributed by atoms with van der Waals surface area (Å²) in [5, 5.41) is 0. The van der Waals surface area contributed by atoms with E-state index in [1.165, 1.54) is 12.1 Å². The van der Waals surface area contributed by atoms with E-state index in [-0.39, 0.29) is 5.82 Å². The molecule has 0 atom stereocenters. The Hall–Kier alpha value is -4.96.